The van der Waals surface area contributed by atoms with Gasteiger partial charge in [0.25, 0.3) is 0 Å². The van der Waals surface area contributed by atoms with Crippen molar-refractivity contribution in [2.24, 2.45) is 0 Å². The van der Waals surface area contributed by atoms with Crippen LogP contribution < -0.4 is 0 Å². The summed E-state index contributed by atoms with van der Waals surface area (Å²) in [7, 11) is 0. The Morgan fingerprint density at radius 1 is 1.32 bits per heavy atom. The van der Waals surface area contributed by atoms with Gasteiger partial charge in [-0.25, -0.2) is 4.39 Å². The molecule has 1 aromatic carbocycles. The van der Waals surface area contributed by atoms with Crippen molar-refractivity contribution in [3.8, 4) is 0 Å². The Balaban J connectivity index is 1.91. The van der Waals surface area contributed by atoms with Crippen LogP contribution in [0.2, 0.25) is 0 Å². The molecule has 3 atom stereocenters. The van der Waals surface area contributed by atoms with Gasteiger partial charge in [0.15, 0.2) is 6.29 Å². The molecule has 102 valence electrons. The molecule has 1 aromatic rings. The zero-order valence-electron chi connectivity index (χ0n) is 10.5. The van der Waals surface area contributed by atoms with Crippen LogP contribution in [0.4, 0.5) is 4.39 Å². The molecule has 2 heterocycles. The van der Waals surface area contributed by atoms with Crippen molar-refractivity contribution in [3.63, 3.8) is 0 Å². The molecule has 0 bridgehead atoms. The van der Waals surface area contributed by atoms with E-state index in [-0.39, 0.29) is 30.4 Å². The van der Waals surface area contributed by atoms with Crippen LogP contribution in [0.5, 0.6) is 0 Å². The van der Waals surface area contributed by atoms with E-state index in [0.29, 0.717) is 6.42 Å². The molecular weight excluding hydrogens is 249 g/mol. The molecule has 0 saturated carbocycles. The van der Waals surface area contributed by atoms with Gasteiger partial charge in [-0.1, -0.05) is 12.1 Å². The van der Waals surface area contributed by atoms with Crippen LogP contribution in [0.25, 0.3) is 0 Å². The van der Waals surface area contributed by atoms with Crippen LogP contribution in [0.1, 0.15) is 30.9 Å². The third-order valence-corrected chi connectivity index (χ3v) is 3.88. The highest BCUT2D eigenvalue weighted by Crippen LogP contribution is 2.35. The van der Waals surface area contributed by atoms with Gasteiger partial charge in [-0.3, -0.25) is 4.79 Å². The summed E-state index contributed by atoms with van der Waals surface area (Å²) < 4.78 is 18.3. The molecule has 19 heavy (non-hydrogen) atoms. The SMILES string of the molecule is O=C1CCCC2C(O)OCC(c3ccc(F)cc3)N12. The largest absolute Gasteiger partial charge is 0.366 e. The summed E-state index contributed by atoms with van der Waals surface area (Å²) in [5, 5.41) is 9.85. The monoisotopic (exact) mass is 265 g/mol. The predicted molar refractivity (Wildman–Crippen MR) is 65.6 cm³/mol. The third kappa shape index (κ3) is 2.24. The van der Waals surface area contributed by atoms with E-state index >= 15 is 0 Å². The van der Waals surface area contributed by atoms with Gasteiger partial charge in [-0.2, -0.15) is 0 Å². The number of nitrogens with zero attached hydrogens (tertiary/aromatic N) is 1. The maximum absolute atomic E-state index is 13.0. The molecule has 1 amide bonds. The number of benzene rings is 1. The minimum absolute atomic E-state index is 0.0351. The number of fused-ring (bicyclic) bond motifs is 1. The van der Waals surface area contributed by atoms with Crippen LogP contribution in [-0.4, -0.2) is 34.9 Å². The second kappa shape index (κ2) is 4.90. The van der Waals surface area contributed by atoms with Crippen molar-refractivity contribution in [1.82, 2.24) is 4.90 Å². The number of piperidine rings is 1. The van der Waals surface area contributed by atoms with E-state index in [0.717, 1.165) is 18.4 Å². The first-order valence-corrected chi connectivity index (χ1v) is 6.53. The molecule has 0 aliphatic carbocycles. The highest BCUT2D eigenvalue weighted by molar-refractivity contribution is 5.78. The lowest BCUT2D eigenvalue weighted by atomic mass is 9.94. The van der Waals surface area contributed by atoms with Gasteiger partial charge in [0.2, 0.25) is 5.91 Å². The molecule has 2 aliphatic heterocycles. The Kier molecular flexibility index (Phi) is 3.24. The number of carbonyl (C=O) groups excluding carboxylic acids is 1. The topological polar surface area (TPSA) is 49.8 Å². The first-order chi connectivity index (χ1) is 9.16. The van der Waals surface area contributed by atoms with Gasteiger partial charge in [0, 0.05) is 6.42 Å². The summed E-state index contributed by atoms with van der Waals surface area (Å²) in [6.45, 7) is 0.245. The van der Waals surface area contributed by atoms with E-state index < -0.39 is 6.29 Å². The number of amides is 1. The number of halogens is 1. The second-order valence-corrected chi connectivity index (χ2v) is 5.05. The number of carbonyl (C=O) groups is 1. The highest BCUT2D eigenvalue weighted by Gasteiger charge is 2.42. The fraction of sp³-hybridized carbons (Fsp3) is 0.500. The van der Waals surface area contributed by atoms with Gasteiger partial charge in [-0.15, -0.1) is 0 Å². The third-order valence-electron chi connectivity index (χ3n) is 3.88. The van der Waals surface area contributed by atoms with Crippen LogP contribution >= 0.6 is 0 Å². The smallest absolute Gasteiger partial charge is 0.223 e. The molecule has 3 unspecified atom stereocenters. The number of aliphatic hydroxyl groups excluding tert-OH is 1. The van der Waals surface area contributed by atoms with Crippen LogP contribution in [0.3, 0.4) is 0 Å². The lowest BCUT2D eigenvalue weighted by Gasteiger charge is -2.47. The quantitative estimate of drug-likeness (QED) is 0.839. The summed E-state index contributed by atoms with van der Waals surface area (Å²) in [6, 6.07) is 5.57. The summed E-state index contributed by atoms with van der Waals surface area (Å²) in [5.41, 5.74) is 0.841. The first kappa shape index (κ1) is 12.6. The zero-order chi connectivity index (χ0) is 13.4. The van der Waals surface area contributed by atoms with Crippen molar-refractivity contribution in [2.45, 2.75) is 37.6 Å². The first-order valence-electron chi connectivity index (χ1n) is 6.53. The van der Waals surface area contributed by atoms with Gasteiger partial charge < -0.3 is 14.7 Å². The summed E-state index contributed by atoms with van der Waals surface area (Å²) in [4.78, 5) is 13.8. The predicted octanol–water partition coefficient (Wildman–Crippen LogP) is 1.60. The van der Waals surface area contributed by atoms with Crippen LogP contribution in [0, 0.1) is 5.82 Å². The van der Waals surface area contributed by atoms with Gasteiger partial charge in [0.1, 0.15) is 5.82 Å². The van der Waals surface area contributed by atoms with Crippen molar-refractivity contribution in [1.29, 1.82) is 0 Å². The average Bonchev–Trinajstić information content (AvgIpc) is 2.41. The van der Waals surface area contributed by atoms with Crippen molar-refractivity contribution in [3.05, 3.63) is 35.6 Å². The molecule has 3 rings (SSSR count). The van der Waals surface area contributed by atoms with E-state index in [9.17, 15) is 14.3 Å². The fourth-order valence-electron chi connectivity index (χ4n) is 2.92. The Bertz CT molecular complexity index is 476. The molecular formula is C14H16FNO3. The Labute approximate surface area is 110 Å². The Hall–Kier alpha value is -1.46. The second-order valence-electron chi connectivity index (χ2n) is 5.05. The highest BCUT2D eigenvalue weighted by atomic mass is 19.1. The Morgan fingerprint density at radius 2 is 2.05 bits per heavy atom. The number of morpholine rings is 1. The van der Waals surface area contributed by atoms with Gasteiger partial charge >= 0.3 is 0 Å². The van der Waals surface area contributed by atoms with Crippen molar-refractivity contribution < 1.29 is 19.0 Å². The van der Waals surface area contributed by atoms with E-state index in [1.54, 1.807) is 17.0 Å². The van der Waals surface area contributed by atoms with Crippen LogP contribution in [-0.2, 0) is 9.53 Å². The summed E-state index contributed by atoms with van der Waals surface area (Å²) >= 11 is 0. The Morgan fingerprint density at radius 3 is 2.79 bits per heavy atom. The van der Waals surface area contributed by atoms with Gasteiger partial charge in [0.05, 0.1) is 18.7 Å². The molecule has 2 aliphatic rings. The lowest BCUT2D eigenvalue weighted by molar-refractivity contribution is -0.210. The maximum Gasteiger partial charge on any atom is 0.223 e. The molecule has 0 spiro atoms. The lowest BCUT2D eigenvalue weighted by Crippen LogP contribution is -2.56. The maximum atomic E-state index is 13.0. The molecule has 1 N–H and O–H groups in total. The summed E-state index contributed by atoms with van der Waals surface area (Å²) in [6.07, 6.45) is 1.10. The molecule has 0 radical (unpaired) electrons. The number of ether oxygens (including phenoxy) is 1. The molecule has 4 nitrogen and oxygen atoms in total. The number of hydrogen-bond donors (Lipinski definition) is 1. The number of aliphatic hydroxyl groups is 1. The normalized spacial score (nSPS) is 31.2. The van der Waals surface area contributed by atoms with E-state index in [2.05, 4.69) is 0 Å². The molecule has 2 saturated heterocycles. The molecule has 0 aromatic heterocycles. The standard InChI is InChI=1S/C14H16FNO3/c15-10-6-4-9(5-7-10)12-8-19-14(18)11-2-1-3-13(17)16(11)12/h4-7,11-12,14,18H,1-3,8H2. The molecule has 2 fully saturated rings. The minimum Gasteiger partial charge on any atom is -0.366 e. The average molecular weight is 265 g/mol. The number of hydrogen-bond acceptors (Lipinski definition) is 3. The van der Waals surface area contributed by atoms with Crippen LogP contribution in [0.15, 0.2) is 24.3 Å². The van der Waals surface area contributed by atoms with E-state index in [1.165, 1.54) is 12.1 Å². The molecule has 5 heteroatoms. The number of rotatable bonds is 1. The van der Waals surface area contributed by atoms with Gasteiger partial charge in [-0.05, 0) is 30.5 Å². The minimum atomic E-state index is -0.916. The van der Waals surface area contributed by atoms with Crippen molar-refractivity contribution >= 4 is 5.91 Å². The summed E-state index contributed by atoms with van der Waals surface area (Å²) in [5.74, 6) is -0.269. The van der Waals surface area contributed by atoms with E-state index in [1.807, 2.05) is 0 Å². The van der Waals surface area contributed by atoms with E-state index in [4.69, 9.17) is 4.74 Å². The zero-order valence-corrected chi connectivity index (χ0v) is 10.5. The fourth-order valence-corrected chi connectivity index (χ4v) is 2.92. The van der Waals surface area contributed by atoms with Crippen molar-refractivity contribution in [2.75, 3.05) is 6.61 Å².